The molecule has 2 aromatic rings. The highest BCUT2D eigenvalue weighted by Crippen LogP contribution is 2.21. The molecular weight excluding hydrogens is 366 g/mol. The Balaban J connectivity index is 1.32. The summed E-state index contributed by atoms with van der Waals surface area (Å²) in [6.45, 7) is 5.21. The van der Waals surface area contributed by atoms with Crippen molar-refractivity contribution in [1.29, 1.82) is 0 Å². The van der Waals surface area contributed by atoms with Crippen molar-refractivity contribution >= 4 is 17.6 Å². The smallest absolute Gasteiger partial charge is 0.337 e. The maximum Gasteiger partial charge on any atom is 0.337 e. The fraction of sp³-hybridized carbons (Fsp3) is 0.391. The standard InChI is InChI=1S/C23H27N3O3/c1-29-23(28)19-8-7-18-9-10-24(16-20(18)15-19)17-22(27)26-13-11-25(12-14-26)21-5-3-2-4-6-21/h2-8,15H,9-14,16-17H2,1H3. The zero-order valence-electron chi connectivity index (χ0n) is 16.8. The van der Waals surface area contributed by atoms with E-state index in [-0.39, 0.29) is 11.9 Å². The van der Waals surface area contributed by atoms with Gasteiger partial charge in [0.1, 0.15) is 0 Å². The van der Waals surface area contributed by atoms with Crippen LogP contribution in [0.5, 0.6) is 0 Å². The van der Waals surface area contributed by atoms with Crippen LogP contribution in [0, 0.1) is 0 Å². The molecule has 0 bridgehead atoms. The molecule has 152 valence electrons. The summed E-state index contributed by atoms with van der Waals surface area (Å²) >= 11 is 0. The second-order valence-corrected chi connectivity index (χ2v) is 7.64. The van der Waals surface area contributed by atoms with Crippen LogP contribution in [0.3, 0.4) is 0 Å². The number of fused-ring (bicyclic) bond motifs is 1. The molecule has 4 rings (SSSR count). The molecule has 2 heterocycles. The molecule has 0 aromatic heterocycles. The zero-order valence-corrected chi connectivity index (χ0v) is 16.8. The highest BCUT2D eigenvalue weighted by atomic mass is 16.5. The second kappa shape index (κ2) is 8.66. The lowest BCUT2D eigenvalue weighted by Gasteiger charge is -2.37. The van der Waals surface area contributed by atoms with E-state index in [1.807, 2.05) is 41.3 Å². The quantitative estimate of drug-likeness (QED) is 0.746. The third-order valence-corrected chi connectivity index (χ3v) is 5.83. The monoisotopic (exact) mass is 393 g/mol. The predicted molar refractivity (Wildman–Crippen MR) is 112 cm³/mol. The van der Waals surface area contributed by atoms with Gasteiger partial charge in [0.2, 0.25) is 5.91 Å². The normalized spacial score (nSPS) is 17.0. The van der Waals surface area contributed by atoms with Crippen molar-refractivity contribution < 1.29 is 14.3 Å². The number of rotatable bonds is 4. The Morgan fingerprint density at radius 2 is 1.69 bits per heavy atom. The van der Waals surface area contributed by atoms with Gasteiger partial charge in [0, 0.05) is 45.0 Å². The minimum absolute atomic E-state index is 0.185. The van der Waals surface area contributed by atoms with Gasteiger partial charge in [0.15, 0.2) is 0 Å². The molecule has 2 aliphatic heterocycles. The number of ether oxygens (including phenoxy) is 1. The van der Waals surface area contributed by atoms with E-state index in [1.54, 1.807) is 0 Å². The third kappa shape index (κ3) is 4.43. The van der Waals surface area contributed by atoms with Crippen LogP contribution in [0.2, 0.25) is 0 Å². The lowest BCUT2D eigenvalue weighted by molar-refractivity contribution is -0.132. The van der Waals surface area contributed by atoms with Crippen LogP contribution >= 0.6 is 0 Å². The van der Waals surface area contributed by atoms with Gasteiger partial charge in [0.05, 0.1) is 19.2 Å². The molecule has 1 saturated heterocycles. The molecule has 0 unspecified atom stereocenters. The molecule has 29 heavy (non-hydrogen) atoms. The number of hydrogen-bond donors (Lipinski definition) is 0. The summed E-state index contributed by atoms with van der Waals surface area (Å²) in [4.78, 5) is 31.1. The Labute approximate surface area is 171 Å². The molecule has 0 spiro atoms. The molecular formula is C23H27N3O3. The number of piperazine rings is 1. The minimum atomic E-state index is -0.322. The Hall–Kier alpha value is -2.86. The summed E-state index contributed by atoms with van der Waals surface area (Å²) in [6.07, 6.45) is 0.895. The van der Waals surface area contributed by atoms with Crippen LogP contribution in [-0.4, -0.2) is 68.1 Å². The van der Waals surface area contributed by atoms with Gasteiger partial charge < -0.3 is 14.5 Å². The summed E-state index contributed by atoms with van der Waals surface area (Å²) < 4.78 is 4.82. The van der Waals surface area contributed by atoms with Crippen molar-refractivity contribution in [1.82, 2.24) is 9.80 Å². The van der Waals surface area contributed by atoms with E-state index in [0.717, 1.165) is 44.7 Å². The van der Waals surface area contributed by atoms with Crippen molar-refractivity contribution in [2.75, 3.05) is 51.3 Å². The van der Waals surface area contributed by atoms with Crippen molar-refractivity contribution in [3.63, 3.8) is 0 Å². The predicted octanol–water partition coefficient (Wildman–Crippen LogP) is 2.18. The minimum Gasteiger partial charge on any atom is -0.465 e. The van der Waals surface area contributed by atoms with E-state index < -0.39 is 0 Å². The Bertz CT molecular complexity index is 876. The highest BCUT2D eigenvalue weighted by Gasteiger charge is 2.25. The summed E-state index contributed by atoms with van der Waals surface area (Å²) in [5.41, 5.74) is 4.14. The molecule has 1 fully saturated rings. The number of nitrogens with zero attached hydrogens (tertiary/aromatic N) is 3. The molecule has 6 nitrogen and oxygen atoms in total. The maximum absolute atomic E-state index is 12.8. The molecule has 0 saturated carbocycles. The van der Waals surface area contributed by atoms with Crippen molar-refractivity contribution in [3.8, 4) is 0 Å². The fourth-order valence-electron chi connectivity index (χ4n) is 4.14. The van der Waals surface area contributed by atoms with Crippen molar-refractivity contribution in [3.05, 3.63) is 65.2 Å². The molecule has 6 heteroatoms. The third-order valence-electron chi connectivity index (χ3n) is 5.83. The molecule has 0 radical (unpaired) electrons. The first-order valence-corrected chi connectivity index (χ1v) is 10.1. The van der Waals surface area contributed by atoms with Crippen LogP contribution < -0.4 is 4.90 Å². The van der Waals surface area contributed by atoms with E-state index in [2.05, 4.69) is 21.9 Å². The lowest BCUT2D eigenvalue weighted by Crippen LogP contribution is -2.51. The van der Waals surface area contributed by atoms with Gasteiger partial charge in [-0.3, -0.25) is 9.69 Å². The second-order valence-electron chi connectivity index (χ2n) is 7.64. The average Bonchev–Trinajstić information content (AvgIpc) is 2.78. The number of para-hydroxylation sites is 1. The van der Waals surface area contributed by atoms with Gasteiger partial charge in [-0.15, -0.1) is 0 Å². The van der Waals surface area contributed by atoms with Gasteiger partial charge in [-0.2, -0.15) is 0 Å². The molecule has 0 atom stereocenters. The maximum atomic E-state index is 12.8. The van der Waals surface area contributed by atoms with Crippen LogP contribution in [0.15, 0.2) is 48.5 Å². The molecule has 0 aliphatic carbocycles. The van der Waals surface area contributed by atoms with Crippen molar-refractivity contribution in [2.45, 2.75) is 13.0 Å². The van der Waals surface area contributed by atoms with Crippen molar-refractivity contribution in [2.24, 2.45) is 0 Å². The Morgan fingerprint density at radius 1 is 0.931 bits per heavy atom. The fourth-order valence-corrected chi connectivity index (χ4v) is 4.14. The number of carbonyl (C=O) groups is 2. The first-order chi connectivity index (χ1) is 14.1. The Kier molecular flexibility index (Phi) is 5.81. The topological polar surface area (TPSA) is 53.1 Å². The van der Waals surface area contributed by atoms with Crippen LogP contribution in [-0.2, 0) is 22.5 Å². The van der Waals surface area contributed by atoms with Gasteiger partial charge in [0.25, 0.3) is 0 Å². The molecule has 2 aromatic carbocycles. The first-order valence-electron chi connectivity index (χ1n) is 10.1. The Morgan fingerprint density at radius 3 is 2.41 bits per heavy atom. The number of esters is 1. The molecule has 0 N–H and O–H groups in total. The van der Waals surface area contributed by atoms with E-state index in [0.29, 0.717) is 18.7 Å². The summed E-state index contributed by atoms with van der Waals surface area (Å²) in [7, 11) is 1.39. The molecule has 1 amide bonds. The first kappa shape index (κ1) is 19.5. The van der Waals surface area contributed by atoms with Gasteiger partial charge >= 0.3 is 5.97 Å². The number of amides is 1. The summed E-state index contributed by atoms with van der Waals surface area (Å²) in [6, 6.07) is 16.1. The number of methoxy groups -OCH3 is 1. The largest absolute Gasteiger partial charge is 0.465 e. The highest BCUT2D eigenvalue weighted by molar-refractivity contribution is 5.89. The number of hydrogen-bond acceptors (Lipinski definition) is 5. The van der Waals surface area contributed by atoms with Gasteiger partial charge in [-0.25, -0.2) is 4.79 Å². The van der Waals surface area contributed by atoms with E-state index in [4.69, 9.17) is 4.74 Å². The van der Waals surface area contributed by atoms with E-state index in [1.165, 1.54) is 18.4 Å². The van der Waals surface area contributed by atoms with Crippen LogP contribution in [0.1, 0.15) is 21.5 Å². The number of carbonyl (C=O) groups excluding carboxylic acids is 2. The lowest BCUT2D eigenvalue weighted by atomic mass is 9.97. The van der Waals surface area contributed by atoms with E-state index >= 15 is 0 Å². The number of anilines is 1. The van der Waals surface area contributed by atoms with Crippen LogP contribution in [0.25, 0.3) is 0 Å². The molecule has 2 aliphatic rings. The SMILES string of the molecule is COC(=O)c1ccc2c(c1)CN(CC(=O)N1CCN(c3ccccc3)CC1)CC2. The number of benzene rings is 2. The average molecular weight is 393 g/mol. The van der Waals surface area contributed by atoms with Crippen LogP contribution in [0.4, 0.5) is 5.69 Å². The zero-order chi connectivity index (χ0) is 20.2. The van der Waals surface area contributed by atoms with Gasteiger partial charge in [-0.05, 0) is 41.8 Å². The van der Waals surface area contributed by atoms with E-state index in [9.17, 15) is 9.59 Å². The summed E-state index contributed by atoms with van der Waals surface area (Å²) in [5, 5.41) is 0. The summed E-state index contributed by atoms with van der Waals surface area (Å²) in [5.74, 6) is -0.137. The van der Waals surface area contributed by atoms with Gasteiger partial charge in [-0.1, -0.05) is 24.3 Å².